The Morgan fingerprint density at radius 2 is 1.16 bits per heavy atom. The molecule has 0 fully saturated rings. The average Bonchev–Trinajstić information content (AvgIpc) is 3.66. The van der Waals surface area contributed by atoms with E-state index in [1.165, 1.54) is 43.8 Å². The fourth-order valence-corrected chi connectivity index (χ4v) is 17.8. The van der Waals surface area contributed by atoms with Crippen LogP contribution in [0, 0.1) is 0 Å². The monoisotopic (exact) mass is 812 g/mol. The second kappa shape index (κ2) is 14.9. The van der Waals surface area contributed by atoms with Crippen LogP contribution in [0.1, 0.15) is 81.3 Å². The van der Waals surface area contributed by atoms with Gasteiger partial charge in [0.2, 0.25) is 0 Å². The smallest absolute Gasteiger partial charge is 1.00 e. The van der Waals surface area contributed by atoms with E-state index in [-0.39, 0.29) is 35.6 Å². The minimum Gasteiger partial charge on any atom is -1.00 e. The van der Waals surface area contributed by atoms with E-state index < -0.39 is 37.4 Å². The van der Waals surface area contributed by atoms with Crippen LogP contribution in [0.15, 0.2) is 100 Å². The molecule has 2 aliphatic rings. The van der Waals surface area contributed by atoms with Crippen molar-refractivity contribution >= 4 is 33.0 Å². The fourth-order valence-electron chi connectivity index (χ4n) is 7.50. The summed E-state index contributed by atoms with van der Waals surface area (Å²) in [6.07, 6.45) is 9.35. The molecule has 50 heavy (non-hydrogen) atoms. The Morgan fingerprint density at radius 3 is 1.60 bits per heavy atom. The van der Waals surface area contributed by atoms with Crippen LogP contribution in [0.25, 0.3) is 11.1 Å². The van der Waals surface area contributed by atoms with Gasteiger partial charge in [0.15, 0.2) is 0 Å². The van der Waals surface area contributed by atoms with Gasteiger partial charge in [-0.15, -0.1) is 0 Å². The van der Waals surface area contributed by atoms with Gasteiger partial charge in [-0.2, -0.15) is 0 Å². The van der Waals surface area contributed by atoms with Crippen molar-refractivity contribution in [1.29, 1.82) is 0 Å². The van der Waals surface area contributed by atoms with Crippen molar-refractivity contribution in [3.63, 3.8) is 0 Å². The maximum Gasteiger partial charge on any atom is -1.00 e. The zero-order valence-corrected chi connectivity index (χ0v) is 38.4. The minimum atomic E-state index is -2.79. The molecular weight excluding hydrogens is 759 g/mol. The van der Waals surface area contributed by atoms with E-state index in [4.69, 9.17) is 0 Å². The van der Waals surface area contributed by atoms with Crippen molar-refractivity contribution in [2.45, 2.75) is 104 Å². The number of fused-ring (bicyclic) bond motifs is 3. The normalized spacial score (nSPS) is 13.8. The minimum absolute atomic E-state index is 0. The third-order valence-corrected chi connectivity index (χ3v) is 22.1. The van der Waals surface area contributed by atoms with Gasteiger partial charge in [0.1, 0.15) is 0 Å². The molecular formula is C45H56Cl2Si2Zr. The molecule has 0 unspecified atom stereocenters. The molecule has 6 rings (SSSR count). The summed E-state index contributed by atoms with van der Waals surface area (Å²) in [5.74, 6) is 0. The molecule has 0 atom stereocenters. The van der Waals surface area contributed by atoms with Crippen LogP contribution in [0.3, 0.4) is 0 Å². The van der Waals surface area contributed by atoms with Gasteiger partial charge in [-0.1, -0.05) is 0 Å². The molecule has 2 aliphatic carbocycles. The second-order valence-corrected chi connectivity index (χ2v) is 34.4. The van der Waals surface area contributed by atoms with Crippen LogP contribution in [-0.4, -0.2) is 19.4 Å². The van der Waals surface area contributed by atoms with Gasteiger partial charge in [-0.05, 0) is 0 Å². The molecule has 0 radical (unpaired) electrons. The Bertz CT molecular complexity index is 1910. The SMILES string of the molecule is CC(C)(C)c1cc2c([c]([Zr+2]([C]3=CC=CC3)=[C](c3ccc([Si](C)(C)C)cc3)c3ccc([Si](C)(C)C)cc3)c1)Cc1c-2cccc1C(C)(C)C.[Cl-].[Cl-]. The number of hydrogen-bond donors (Lipinski definition) is 0. The first-order valence-electron chi connectivity index (χ1n) is 18.0. The van der Waals surface area contributed by atoms with Crippen LogP contribution in [0.2, 0.25) is 39.3 Å². The first kappa shape index (κ1) is 40.9. The summed E-state index contributed by atoms with van der Waals surface area (Å²) in [7, 11) is -2.85. The maximum absolute atomic E-state index is 2.79. The van der Waals surface area contributed by atoms with Gasteiger partial charge in [-0.25, -0.2) is 0 Å². The molecule has 0 saturated heterocycles. The third-order valence-electron chi connectivity index (χ3n) is 10.4. The molecule has 0 nitrogen and oxygen atoms in total. The summed E-state index contributed by atoms with van der Waals surface area (Å²) in [4.78, 5) is 0. The van der Waals surface area contributed by atoms with Gasteiger partial charge in [0.05, 0.1) is 0 Å². The summed E-state index contributed by atoms with van der Waals surface area (Å²) in [5, 5.41) is 3.07. The fraction of sp³-hybridized carbons (Fsp3) is 0.356. The van der Waals surface area contributed by atoms with Gasteiger partial charge in [0, 0.05) is 0 Å². The molecule has 0 N–H and O–H groups in total. The van der Waals surface area contributed by atoms with Crippen LogP contribution in [0.5, 0.6) is 0 Å². The molecule has 5 heteroatoms. The van der Waals surface area contributed by atoms with E-state index in [9.17, 15) is 0 Å². The number of halogens is 2. The number of allylic oxidation sites excluding steroid dienone is 4. The van der Waals surface area contributed by atoms with Crippen LogP contribution >= 0.6 is 0 Å². The van der Waals surface area contributed by atoms with Crippen molar-refractivity contribution in [3.8, 4) is 11.1 Å². The number of hydrogen-bond acceptors (Lipinski definition) is 0. The summed E-state index contributed by atoms with van der Waals surface area (Å²) in [6.45, 7) is 29.1. The zero-order valence-electron chi connectivity index (χ0n) is 32.4. The molecule has 0 saturated carbocycles. The Balaban J connectivity index is 0.00000281. The summed E-state index contributed by atoms with van der Waals surface area (Å²) in [6, 6.07) is 32.1. The van der Waals surface area contributed by atoms with Gasteiger partial charge >= 0.3 is 304 Å². The van der Waals surface area contributed by atoms with E-state index in [0.29, 0.717) is 0 Å². The van der Waals surface area contributed by atoms with Gasteiger partial charge < -0.3 is 24.8 Å². The average molecular weight is 815 g/mol. The first-order valence-corrected chi connectivity index (χ1v) is 28.7. The molecule has 262 valence electrons. The third kappa shape index (κ3) is 8.19. The van der Waals surface area contributed by atoms with E-state index in [1.54, 1.807) is 20.9 Å². The zero-order chi connectivity index (χ0) is 34.8. The van der Waals surface area contributed by atoms with E-state index in [0.717, 1.165) is 12.8 Å². The van der Waals surface area contributed by atoms with Gasteiger partial charge in [0.25, 0.3) is 0 Å². The first-order chi connectivity index (χ1) is 22.3. The maximum atomic E-state index is 2.68. The van der Waals surface area contributed by atoms with Gasteiger partial charge in [-0.3, -0.25) is 0 Å². The van der Waals surface area contributed by atoms with Crippen molar-refractivity contribution in [2.24, 2.45) is 0 Å². The molecule has 0 amide bonds. The molecule has 4 aromatic rings. The Labute approximate surface area is 325 Å². The molecule has 0 aliphatic heterocycles. The van der Waals surface area contributed by atoms with E-state index in [1.807, 2.05) is 0 Å². The van der Waals surface area contributed by atoms with Crippen molar-refractivity contribution in [3.05, 3.63) is 134 Å². The quantitative estimate of drug-likeness (QED) is 0.225. The number of benzene rings is 4. The largest absolute Gasteiger partial charge is 1.00 e. The second-order valence-electron chi connectivity index (χ2n) is 18.3. The molecule has 4 aromatic carbocycles. The predicted molar refractivity (Wildman–Crippen MR) is 216 cm³/mol. The van der Waals surface area contributed by atoms with Crippen molar-refractivity contribution in [1.82, 2.24) is 0 Å². The Kier molecular flexibility index (Phi) is 12.2. The predicted octanol–water partition coefficient (Wildman–Crippen LogP) is 4.31. The Hall–Kier alpha value is -1.87. The summed E-state index contributed by atoms with van der Waals surface area (Å²) in [5.41, 5.74) is 12.1. The van der Waals surface area contributed by atoms with Crippen LogP contribution in [-0.2, 0) is 38.5 Å². The van der Waals surface area contributed by atoms with Crippen molar-refractivity contribution < 1.29 is 46.1 Å². The molecule has 0 heterocycles. The summed E-state index contributed by atoms with van der Waals surface area (Å²) < 4.78 is 5.01. The molecule has 0 spiro atoms. The van der Waals surface area contributed by atoms with E-state index >= 15 is 0 Å². The van der Waals surface area contributed by atoms with Crippen LogP contribution in [0.4, 0.5) is 0 Å². The standard InChI is InChI=1S/C21H25.C19H26Si2.C5H5.2ClH.Zr/c1-20(2,3)15-11-10-14-12-18-16(17(14)13-15)8-7-9-19(18)21(4,5)6;1-20(2,3)18-11-7-16(8-12-18)15-17-9-13-19(14-10-17)21(4,5)6;1-2-4-5-3-1;;;/h7-9,11,13H,12H2,1-6H3;7-14H,1-6H3;1-3H,4H2;2*1H;/q;;;;;+2/p-2. The molecule has 0 aromatic heterocycles. The number of rotatable bonds is 6. The van der Waals surface area contributed by atoms with Crippen molar-refractivity contribution in [2.75, 3.05) is 0 Å². The van der Waals surface area contributed by atoms with E-state index in [2.05, 4.69) is 178 Å². The topological polar surface area (TPSA) is 0 Å². The van der Waals surface area contributed by atoms with Crippen LogP contribution < -0.4 is 38.5 Å². The summed E-state index contributed by atoms with van der Waals surface area (Å²) >= 11 is -2.79. The Morgan fingerprint density at radius 1 is 0.620 bits per heavy atom. The molecule has 0 bridgehead atoms.